The Labute approximate surface area is 142 Å². The monoisotopic (exact) mass is 348 g/mol. The van der Waals surface area contributed by atoms with Crippen LogP contribution < -0.4 is 5.32 Å². The van der Waals surface area contributed by atoms with E-state index in [1.165, 1.54) is 30.6 Å². The summed E-state index contributed by atoms with van der Waals surface area (Å²) < 4.78 is 4.71. The molecule has 1 aromatic heterocycles. The summed E-state index contributed by atoms with van der Waals surface area (Å²) in [6.45, 7) is 1.94. The predicted molar refractivity (Wildman–Crippen MR) is 90.5 cm³/mol. The van der Waals surface area contributed by atoms with Crippen LogP contribution in [0.2, 0.25) is 0 Å². The van der Waals surface area contributed by atoms with Crippen molar-refractivity contribution in [3.63, 3.8) is 0 Å². The van der Waals surface area contributed by atoms with E-state index in [0.29, 0.717) is 17.0 Å². The number of methoxy groups -OCH3 is 1. The van der Waals surface area contributed by atoms with Crippen LogP contribution in [0.15, 0.2) is 30.3 Å². The Bertz CT molecular complexity index is 785. The van der Waals surface area contributed by atoms with Crippen LogP contribution in [0.4, 0.5) is 10.7 Å². The van der Waals surface area contributed by atoms with E-state index >= 15 is 0 Å². The first-order valence-electron chi connectivity index (χ1n) is 7.19. The second-order valence-electron chi connectivity index (χ2n) is 4.91. The van der Waals surface area contributed by atoms with E-state index < -0.39 is 16.8 Å². The Balaban J connectivity index is 2.20. The molecule has 0 radical (unpaired) electrons. The van der Waals surface area contributed by atoms with E-state index in [9.17, 15) is 19.7 Å². The van der Waals surface area contributed by atoms with Gasteiger partial charge in [0.2, 0.25) is 5.91 Å². The second kappa shape index (κ2) is 7.69. The average Bonchev–Trinajstić information content (AvgIpc) is 2.97. The van der Waals surface area contributed by atoms with E-state index in [-0.39, 0.29) is 17.7 Å². The molecule has 7 nitrogen and oxygen atoms in total. The van der Waals surface area contributed by atoms with Crippen molar-refractivity contribution >= 4 is 33.9 Å². The third-order valence-corrected chi connectivity index (χ3v) is 4.52. The molecule has 1 amide bonds. The highest BCUT2D eigenvalue weighted by Gasteiger charge is 2.20. The molecule has 0 aliphatic rings. The number of carbonyl (C=O) groups is 2. The van der Waals surface area contributed by atoms with E-state index in [2.05, 4.69) is 5.32 Å². The number of anilines is 1. The molecule has 0 bridgehead atoms. The van der Waals surface area contributed by atoms with E-state index in [0.717, 1.165) is 4.88 Å². The number of thiophene rings is 1. The standard InChI is InChI=1S/C16H16N2O5S/c1-3-11-9-12(16(20)23-2)15(24-11)17-14(19)8-10-6-4-5-7-13(10)18(21)22/h4-7,9H,3,8H2,1-2H3,(H,17,19). The van der Waals surface area contributed by atoms with Crippen LogP contribution in [0.5, 0.6) is 0 Å². The lowest BCUT2D eigenvalue weighted by Gasteiger charge is -2.06. The van der Waals surface area contributed by atoms with Crippen molar-refractivity contribution in [2.24, 2.45) is 0 Å². The minimum atomic E-state index is -0.535. The molecule has 0 unspecified atom stereocenters. The number of amides is 1. The molecule has 0 atom stereocenters. The van der Waals surface area contributed by atoms with Crippen LogP contribution in [-0.4, -0.2) is 23.9 Å². The average molecular weight is 348 g/mol. The van der Waals surface area contributed by atoms with Gasteiger partial charge in [-0.15, -0.1) is 11.3 Å². The van der Waals surface area contributed by atoms with Crippen LogP contribution in [0.25, 0.3) is 0 Å². The Morgan fingerprint density at radius 1 is 1.33 bits per heavy atom. The minimum Gasteiger partial charge on any atom is -0.465 e. The molecule has 8 heteroatoms. The molecule has 1 aromatic carbocycles. The van der Waals surface area contributed by atoms with Crippen LogP contribution in [0.3, 0.4) is 0 Å². The first-order chi connectivity index (χ1) is 11.5. The molecule has 0 aliphatic carbocycles. The van der Waals surface area contributed by atoms with Gasteiger partial charge in [-0.3, -0.25) is 14.9 Å². The summed E-state index contributed by atoms with van der Waals surface area (Å²) in [5, 5.41) is 14.0. The number of hydrogen-bond acceptors (Lipinski definition) is 6. The highest BCUT2D eigenvalue weighted by Crippen LogP contribution is 2.29. The zero-order valence-corrected chi connectivity index (χ0v) is 14.0. The summed E-state index contributed by atoms with van der Waals surface area (Å²) in [7, 11) is 1.27. The number of carbonyl (C=O) groups excluding carboxylic acids is 2. The minimum absolute atomic E-state index is 0.110. The first kappa shape index (κ1) is 17.6. The maximum atomic E-state index is 12.2. The lowest BCUT2D eigenvalue weighted by molar-refractivity contribution is -0.385. The number of para-hydroxylation sites is 1. The van der Waals surface area contributed by atoms with Crippen molar-refractivity contribution in [2.45, 2.75) is 19.8 Å². The van der Waals surface area contributed by atoms with Gasteiger partial charge in [0.25, 0.3) is 5.69 Å². The molecule has 1 heterocycles. The summed E-state index contributed by atoms with van der Waals surface area (Å²) in [4.78, 5) is 35.4. The molecule has 126 valence electrons. The number of aryl methyl sites for hydroxylation is 1. The van der Waals surface area contributed by atoms with Crippen molar-refractivity contribution in [1.29, 1.82) is 0 Å². The normalized spacial score (nSPS) is 10.2. The van der Waals surface area contributed by atoms with Gasteiger partial charge in [0, 0.05) is 16.5 Å². The summed E-state index contributed by atoms with van der Waals surface area (Å²) >= 11 is 1.29. The maximum Gasteiger partial charge on any atom is 0.340 e. The van der Waals surface area contributed by atoms with Gasteiger partial charge in [-0.2, -0.15) is 0 Å². The van der Waals surface area contributed by atoms with Crippen LogP contribution in [-0.2, 0) is 22.4 Å². The number of ether oxygens (including phenoxy) is 1. The van der Waals surface area contributed by atoms with Gasteiger partial charge < -0.3 is 10.1 Å². The topological polar surface area (TPSA) is 98.5 Å². The summed E-state index contributed by atoms with van der Waals surface area (Å²) in [6.07, 6.45) is 0.561. The van der Waals surface area contributed by atoms with Gasteiger partial charge in [-0.25, -0.2) is 4.79 Å². The number of esters is 1. The van der Waals surface area contributed by atoms with E-state index in [4.69, 9.17) is 4.74 Å². The number of hydrogen-bond donors (Lipinski definition) is 1. The molecule has 0 saturated heterocycles. The summed E-state index contributed by atoms with van der Waals surface area (Å²) in [6, 6.07) is 7.74. The molecule has 2 rings (SSSR count). The SMILES string of the molecule is CCc1cc(C(=O)OC)c(NC(=O)Cc2ccccc2[N+](=O)[O-])s1. The number of rotatable bonds is 6. The number of nitro groups is 1. The first-order valence-corrected chi connectivity index (χ1v) is 8.01. The number of benzene rings is 1. The predicted octanol–water partition coefficient (Wildman–Crippen LogP) is 3.19. The van der Waals surface area contributed by atoms with Gasteiger partial charge in [0.15, 0.2) is 0 Å². The summed E-state index contributed by atoms with van der Waals surface area (Å²) in [5.74, 6) is -0.967. The van der Waals surface area contributed by atoms with Crippen molar-refractivity contribution in [2.75, 3.05) is 12.4 Å². The molecular formula is C16H16N2O5S. The largest absolute Gasteiger partial charge is 0.465 e. The Hall–Kier alpha value is -2.74. The van der Waals surface area contributed by atoms with Crippen LogP contribution >= 0.6 is 11.3 Å². The smallest absolute Gasteiger partial charge is 0.340 e. The Kier molecular flexibility index (Phi) is 5.64. The summed E-state index contributed by atoms with van der Waals surface area (Å²) in [5.41, 5.74) is 0.489. The van der Waals surface area contributed by atoms with Crippen LogP contribution in [0, 0.1) is 10.1 Å². The fourth-order valence-electron chi connectivity index (χ4n) is 2.15. The fraction of sp³-hybridized carbons (Fsp3) is 0.250. The zero-order valence-electron chi connectivity index (χ0n) is 13.2. The molecule has 1 N–H and O–H groups in total. The maximum absolute atomic E-state index is 12.2. The molecule has 24 heavy (non-hydrogen) atoms. The lowest BCUT2D eigenvalue weighted by atomic mass is 10.1. The van der Waals surface area contributed by atoms with Gasteiger partial charge in [0.05, 0.1) is 24.0 Å². The zero-order chi connectivity index (χ0) is 17.7. The third kappa shape index (κ3) is 3.96. The molecule has 2 aromatic rings. The van der Waals surface area contributed by atoms with E-state index in [1.807, 2.05) is 6.92 Å². The van der Waals surface area contributed by atoms with Gasteiger partial charge >= 0.3 is 5.97 Å². The molecular weight excluding hydrogens is 332 g/mol. The van der Waals surface area contributed by atoms with Crippen LogP contribution in [0.1, 0.15) is 27.7 Å². The second-order valence-corrected chi connectivity index (χ2v) is 6.05. The number of nitrogens with zero attached hydrogens (tertiary/aromatic N) is 1. The highest BCUT2D eigenvalue weighted by molar-refractivity contribution is 7.16. The van der Waals surface area contributed by atoms with Gasteiger partial charge in [-0.1, -0.05) is 25.1 Å². The fourth-order valence-corrected chi connectivity index (χ4v) is 3.15. The highest BCUT2D eigenvalue weighted by atomic mass is 32.1. The molecule has 0 aliphatic heterocycles. The molecule has 0 spiro atoms. The van der Waals surface area contributed by atoms with Crippen molar-refractivity contribution in [3.05, 3.63) is 56.5 Å². The Morgan fingerprint density at radius 3 is 2.67 bits per heavy atom. The van der Waals surface area contributed by atoms with Crippen molar-refractivity contribution in [3.8, 4) is 0 Å². The Morgan fingerprint density at radius 2 is 2.04 bits per heavy atom. The van der Waals surface area contributed by atoms with Crippen molar-refractivity contribution < 1.29 is 19.2 Å². The van der Waals surface area contributed by atoms with Gasteiger partial charge in [0.1, 0.15) is 5.00 Å². The van der Waals surface area contributed by atoms with Crippen molar-refractivity contribution in [1.82, 2.24) is 0 Å². The third-order valence-electron chi connectivity index (χ3n) is 3.33. The van der Waals surface area contributed by atoms with Gasteiger partial charge in [-0.05, 0) is 12.5 Å². The number of nitrogens with one attached hydrogen (secondary N) is 1. The number of nitro benzene ring substituents is 1. The molecule has 0 saturated carbocycles. The molecule has 0 fully saturated rings. The lowest BCUT2D eigenvalue weighted by Crippen LogP contribution is -2.16. The quantitative estimate of drug-likeness (QED) is 0.491. The van der Waals surface area contributed by atoms with E-state index in [1.54, 1.807) is 18.2 Å².